The van der Waals surface area contributed by atoms with E-state index in [1.165, 1.54) is 0 Å². The Hall–Kier alpha value is 0.170. The van der Waals surface area contributed by atoms with Crippen molar-refractivity contribution in [3.63, 3.8) is 0 Å². The van der Waals surface area contributed by atoms with Gasteiger partial charge in [-0.3, -0.25) is 0 Å². The van der Waals surface area contributed by atoms with Crippen LogP contribution in [0.4, 0.5) is 0 Å². The Morgan fingerprint density at radius 3 is 2.86 bits per heavy atom. The summed E-state index contributed by atoms with van der Waals surface area (Å²) in [5.41, 5.74) is 0. The minimum atomic E-state index is 0.740. The summed E-state index contributed by atoms with van der Waals surface area (Å²) in [4.78, 5) is 0. The van der Waals surface area contributed by atoms with Gasteiger partial charge in [0.05, 0.1) is 18.5 Å². The Kier molecular flexibility index (Phi) is 1.87. The summed E-state index contributed by atoms with van der Waals surface area (Å²) in [6, 6.07) is 0. The highest BCUT2D eigenvalue weighted by molar-refractivity contribution is 6.07. The van der Waals surface area contributed by atoms with Crippen LogP contribution in [0.5, 0.6) is 0 Å². The molecular weight excluding hydrogens is 115 g/mol. The van der Waals surface area contributed by atoms with Crippen molar-refractivity contribution in [2.45, 2.75) is 0 Å². The van der Waals surface area contributed by atoms with E-state index in [0.29, 0.717) is 0 Å². The lowest BCUT2D eigenvalue weighted by Gasteiger charge is -2.03. The molecule has 1 rings (SSSR count). The van der Waals surface area contributed by atoms with E-state index >= 15 is 0 Å². The van der Waals surface area contributed by atoms with E-state index in [2.05, 4.69) is 9.71 Å². The third kappa shape index (κ3) is 1.28. The van der Waals surface area contributed by atoms with E-state index in [4.69, 9.17) is 11.9 Å². The number of hydroxylamine groups is 2. The van der Waals surface area contributed by atoms with Crippen molar-refractivity contribution in [3.05, 3.63) is 0 Å². The lowest BCUT2D eigenvalue weighted by atomic mass is 10.7. The van der Waals surface area contributed by atoms with Gasteiger partial charge in [-0.05, 0) is 0 Å². The molecule has 1 fully saturated rings. The van der Waals surface area contributed by atoms with Crippen LogP contribution in [-0.4, -0.2) is 24.8 Å². The fourth-order valence-corrected chi connectivity index (χ4v) is 0.663. The van der Waals surface area contributed by atoms with Gasteiger partial charge in [0.1, 0.15) is 0 Å². The maximum atomic E-state index is 4.99. The Bertz CT molecular complexity index is 54.9. The van der Waals surface area contributed by atoms with E-state index in [1.54, 1.807) is 5.06 Å². The molecule has 0 bridgehead atoms. The van der Waals surface area contributed by atoms with Gasteiger partial charge >= 0.3 is 0 Å². The maximum Gasteiger partial charge on any atom is 0.0840 e. The minimum absolute atomic E-state index is 0.740. The van der Waals surface area contributed by atoms with E-state index in [-0.39, 0.29) is 0 Å². The molecule has 1 heterocycles. The molecular formula is C3H7ClN2O. The van der Waals surface area contributed by atoms with E-state index in [9.17, 15) is 0 Å². The van der Waals surface area contributed by atoms with Gasteiger partial charge in [0.2, 0.25) is 0 Å². The second-order valence-electron chi connectivity index (χ2n) is 1.43. The zero-order chi connectivity index (χ0) is 5.11. The molecule has 0 aliphatic carbocycles. The predicted octanol–water partition coefficient (Wildman–Crippen LogP) is -0.0655. The van der Waals surface area contributed by atoms with E-state index in [1.807, 2.05) is 0 Å². The zero-order valence-corrected chi connectivity index (χ0v) is 4.61. The van der Waals surface area contributed by atoms with Crippen molar-refractivity contribution in [2.24, 2.45) is 0 Å². The molecule has 0 aromatic carbocycles. The first-order chi connectivity index (χ1) is 3.43. The van der Waals surface area contributed by atoms with Crippen LogP contribution < -0.4 is 5.32 Å². The summed E-state index contributed by atoms with van der Waals surface area (Å²) in [6.07, 6.45) is 0. The van der Waals surface area contributed by atoms with Crippen molar-refractivity contribution < 1.29 is 4.39 Å². The molecule has 1 N–H and O–H groups in total. The second-order valence-corrected chi connectivity index (χ2v) is 1.57. The van der Waals surface area contributed by atoms with Crippen molar-refractivity contribution in [1.82, 2.24) is 10.4 Å². The average molecular weight is 123 g/mol. The van der Waals surface area contributed by atoms with Crippen LogP contribution in [0.15, 0.2) is 0 Å². The van der Waals surface area contributed by atoms with Crippen molar-refractivity contribution in [2.75, 3.05) is 19.8 Å². The first kappa shape index (κ1) is 5.31. The first-order valence-electron chi connectivity index (χ1n) is 2.18. The highest BCUT2D eigenvalue weighted by Crippen LogP contribution is 1.94. The van der Waals surface area contributed by atoms with Crippen LogP contribution in [0, 0.1) is 0 Å². The highest BCUT2D eigenvalue weighted by atomic mass is 35.5. The molecule has 42 valence electrons. The predicted molar refractivity (Wildman–Crippen MR) is 26.5 cm³/mol. The van der Waals surface area contributed by atoms with Crippen LogP contribution in [0.3, 0.4) is 0 Å². The number of nitrogens with one attached hydrogen (secondary N) is 1. The molecule has 7 heavy (non-hydrogen) atoms. The van der Waals surface area contributed by atoms with Gasteiger partial charge in [-0.1, -0.05) is 0 Å². The molecule has 0 saturated carbocycles. The molecule has 0 aromatic rings. The summed E-state index contributed by atoms with van der Waals surface area (Å²) >= 11 is 4.99. The number of halogens is 1. The third-order valence-corrected chi connectivity index (χ3v) is 1.12. The molecule has 0 amide bonds. The van der Waals surface area contributed by atoms with Gasteiger partial charge < -0.3 is 5.32 Å². The van der Waals surface area contributed by atoms with Gasteiger partial charge in [-0.25, -0.2) is 0 Å². The third-order valence-electron chi connectivity index (χ3n) is 0.924. The van der Waals surface area contributed by atoms with E-state index < -0.39 is 0 Å². The molecule has 1 saturated heterocycles. The molecule has 0 atom stereocenters. The van der Waals surface area contributed by atoms with Crippen molar-refractivity contribution in [3.8, 4) is 0 Å². The molecule has 0 radical (unpaired) electrons. The SMILES string of the molecule is ClON1CCNC1. The van der Waals surface area contributed by atoms with Crippen LogP contribution >= 0.6 is 11.9 Å². The molecule has 3 nitrogen and oxygen atoms in total. The van der Waals surface area contributed by atoms with Gasteiger partial charge in [-0.15, -0.1) is 0 Å². The lowest BCUT2D eigenvalue weighted by molar-refractivity contribution is -0.0261. The fraction of sp³-hybridized carbons (Fsp3) is 1.00. The summed E-state index contributed by atoms with van der Waals surface area (Å²) < 4.78 is 4.35. The van der Waals surface area contributed by atoms with Crippen molar-refractivity contribution in [1.29, 1.82) is 0 Å². The topological polar surface area (TPSA) is 24.5 Å². The minimum Gasteiger partial charge on any atom is -0.301 e. The van der Waals surface area contributed by atoms with Crippen LogP contribution in [0.25, 0.3) is 0 Å². The van der Waals surface area contributed by atoms with Crippen LogP contribution in [0.1, 0.15) is 0 Å². The summed E-state index contributed by atoms with van der Waals surface area (Å²) in [7, 11) is 0. The van der Waals surface area contributed by atoms with Gasteiger partial charge in [-0.2, -0.15) is 9.45 Å². The monoisotopic (exact) mass is 122 g/mol. The second kappa shape index (κ2) is 2.47. The van der Waals surface area contributed by atoms with Gasteiger partial charge in [0, 0.05) is 13.1 Å². The van der Waals surface area contributed by atoms with Crippen LogP contribution in [0.2, 0.25) is 0 Å². The quantitative estimate of drug-likeness (QED) is 0.527. The number of rotatable bonds is 1. The fourth-order valence-electron chi connectivity index (χ4n) is 0.545. The first-order valence-corrected chi connectivity index (χ1v) is 2.49. The summed E-state index contributed by atoms with van der Waals surface area (Å²) in [5.74, 6) is 0. The Morgan fingerprint density at radius 2 is 2.57 bits per heavy atom. The normalized spacial score (nSPS) is 23.6. The molecule has 4 heteroatoms. The molecule has 1 aliphatic heterocycles. The van der Waals surface area contributed by atoms with Gasteiger partial charge in [0.25, 0.3) is 0 Å². The molecule has 0 aromatic heterocycles. The lowest BCUT2D eigenvalue weighted by Crippen LogP contribution is -2.17. The Morgan fingerprint density at radius 1 is 1.71 bits per heavy atom. The van der Waals surface area contributed by atoms with Gasteiger partial charge in [0.15, 0.2) is 0 Å². The smallest absolute Gasteiger partial charge is 0.0840 e. The molecule has 0 spiro atoms. The molecule has 0 unspecified atom stereocenters. The Balaban J connectivity index is 2.14. The number of hydrogen-bond donors (Lipinski definition) is 1. The van der Waals surface area contributed by atoms with E-state index in [0.717, 1.165) is 19.8 Å². The summed E-state index contributed by atoms with van der Waals surface area (Å²) in [6.45, 7) is 2.58. The number of nitrogens with zero attached hydrogens (tertiary/aromatic N) is 1. The van der Waals surface area contributed by atoms with Crippen LogP contribution in [-0.2, 0) is 4.39 Å². The number of hydrogen-bond acceptors (Lipinski definition) is 3. The highest BCUT2D eigenvalue weighted by Gasteiger charge is 2.08. The summed E-state index contributed by atoms with van der Waals surface area (Å²) in [5, 5.41) is 4.68. The standard InChI is InChI=1S/C3H7ClN2O/c4-7-6-2-1-5-3-6/h5H,1-3H2. The molecule has 1 aliphatic rings. The maximum absolute atomic E-state index is 4.99. The van der Waals surface area contributed by atoms with Crippen molar-refractivity contribution >= 4 is 11.9 Å². The average Bonchev–Trinajstić information content (AvgIpc) is 2.14. The zero-order valence-electron chi connectivity index (χ0n) is 3.85. The largest absolute Gasteiger partial charge is 0.301 e. The Labute approximate surface area is 47.3 Å².